The molecule has 4 N–H and O–H groups in total. The number of piperidine rings is 2. The van der Waals surface area contributed by atoms with Crippen molar-refractivity contribution in [3.8, 4) is 0 Å². The van der Waals surface area contributed by atoms with Crippen molar-refractivity contribution in [3.63, 3.8) is 0 Å². The van der Waals surface area contributed by atoms with Crippen molar-refractivity contribution in [1.82, 2.24) is 15.1 Å². The second-order valence-electron chi connectivity index (χ2n) is 19.9. The number of carboxylic acid groups (broad SMARTS) is 1. The van der Waals surface area contributed by atoms with Crippen LogP contribution in [0.25, 0.3) is 0 Å². The van der Waals surface area contributed by atoms with Crippen LogP contribution in [0.3, 0.4) is 0 Å². The number of likely N-dealkylation sites (tertiary alicyclic amines) is 2. The molecule has 2 heterocycles. The Kier molecular flexibility index (Phi) is 21.8. The number of hydrogen-bond acceptors (Lipinski definition) is 11. The average Bonchev–Trinajstić information content (AvgIpc) is 3.31. The average molecular weight is 1090 g/mol. The maximum Gasteiger partial charge on any atom is 0.410 e. The highest BCUT2D eigenvalue weighted by Crippen LogP contribution is 2.27. The van der Waals surface area contributed by atoms with Gasteiger partial charge in [0.15, 0.2) is 0 Å². The molecule has 0 atom stereocenters. The summed E-state index contributed by atoms with van der Waals surface area (Å²) in [6, 6.07) is 26.1. The maximum atomic E-state index is 12.7. The Labute approximate surface area is 441 Å². The molecule has 0 saturated carbocycles. The molecule has 0 bridgehead atoms. The molecule has 3 amide bonds. The second-order valence-corrected chi connectivity index (χ2v) is 24.5. The van der Waals surface area contributed by atoms with E-state index < -0.39 is 37.2 Å². The number of nitrogens with two attached hydrogens (primary N) is 1. The highest BCUT2D eigenvalue weighted by Gasteiger charge is 2.29. The summed E-state index contributed by atoms with van der Waals surface area (Å²) in [4.78, 5) is 50.9. The smallest absolute Gasteiger partial charge is 0.410 e. The van der Waals surface area contributed by atoms with Crippen molar-refractivity contribution >= 4 is 78.7 Å². The Morgan fingerprint density at radius 2 is 0.973 bits per heavy atom. The van der Waals surface area contributed by atoms with Crippen molar-refractivity contribution in [1.29, 1.82) is 0 Å². The van der Waals surface area contributed by atoms with E-state index in [2.05, 4.69) is 5.32 Å². The molecule has 4 aromatic carbocycles. The van der Waals surface area contributed by atoms with E-state index in [1.165, 1.54) is 32.9 Å². The van der Waals surface area contributed by atoms with Crippen LogP contribution in [0.15, 0.2) is 97.1 Å². The van der Waals surface area contributed by atoms with E-state index >= 15 is 0 Å². The van der Waals surface area contributed by atoms with E-state index in [1.54, 1.807) is 82.6 Å². The molecule has 2 aliphatic heterocycles. The lowest BCUT2D eigenvalue weighted by molar-refractivity contribution is 0.0175. The van der Waals surface area contributed by atoms with Crippen LogP contribution in [0.5, 0.6) is 0 Å². The Bertz CT molecular complexity index is 2700. The van der Waals surface area contributed by atoms with E-state index in [0.29, 0.717) is 63.7 Å². The molecule has 2 fully saturated rings. The zero-order valence-corrected chi connectivity index (χ0v) is 46.0. The minimum Gasteiger partial charge on any atom is -0.478 e. The number of aromatic carboxylic acids is 1. The standard InChI is InChI=1S/C26H34ClN3O5S.C15H14ClNO4S.C11H22N2O2/c1-26(2,3)35-25(32)29-15-13-19(14-16-29)17-28-24(31)20-9-11-22(12-10-20)30(36(4,33)34)18-21-7-5-6-8-23(21)27;1-22(20,21)17(10-12-4-2-3-5-14(12)16)13-8-6-11(7-9-13)15(18)19;1-11(2,3)15-10(14)13-6-4-9(8-12)5-7-13/h5-12,19H,13-18H2,1-4H3,(H,28,31);2-9H,10H2,1H3,(H,18,19);9H,4-8,12H2,1-3H3. The van der Waals surface area contributed by atoms with Crippen LogP contribution in [0.2, 0.25) is 10.0 Å². The molecule has 0 aromatic heterocycles. The molecular weight excluding hydrogens is 1020 g/mol. The molecule has 0 radical (unpaired) electrons. The number of carboxylic acids is 1. The maximum absolute atomic E-state index is 12.7. The minimum atomic E-state index is -3.57. The first kappa shape index (κ1) is 60.0. The van der Waals surface area contributed by atoms with E-state index in [4.69, 9.17) is 43.5 Å². The molecule has 17 nitrogen and oxygen atoms in total. The van der Waals surface area contributed by atoms with Crippen molar-refractivity contribution in [2.75, 3.05) is 60.4 Å². The third kappa shape index (κ3) is 20.0. The fraction of sp³-hybridized carbons (Fsp3) is 0.462. The van der Waals surface area contributed by atoms with Crippen LogP contribution in [0.1, 0.15) is 99.1 Å². The van der Waals surface area contributed by atoms with Crippen molar-refractivity contribution in [2.45, 2.75) is 91.5 Å². The van der Waals surface area contributed by atoms with Gasteiger partial charge in [-0.05, 0) is 157 Å². The predicted molar refractivity (Wildman–Crippen MR) is 287 cm³/mol. The number of benzene rings is 4. The first-order valence-electron chi connectivity index (χ1n) is 23.8. The summed E-state index contributed by atoms with van der Waals surface area (Å²) < 4.78 is 62.1. The van der Waals surface area contributed by atoms with Crippen molar-refractivity contribution in [3.05, 3.63) is 129 Å². The number of ether oxygens (including phenoxy) is 2. The lowest BCUT2D eigenvalue weighted by Crippen LogP contribution is -2.43. The summed E-state index contributed by atoms with van der Waals surface area (Å²) in [6.07, 6.45) is 5.29. The molecule has 73 heavy (non-hydrogen) atoms. The van der Waals surface area contributed by atoms with Gasteiger partial charge in [0.1, 0.15) is 11.2 Å². The molecule has 4 aromatic rings. The van der Waals surface area contributed by atoms with Gasteiger partial charge in [0.25, 0.3) is 5.91 Å². The van der Waals surface area contributed by atoms with E-state index in [1.807, 2.05) is 41.5 Å². The van der Waals surface area contributed by atoms with Crippen LogP contribution in [-0.4, -0.2) is 119 Å². The van der Waals surface area contributed by atoms with Crippen LogP contribution >= 0.6 is 23.2 Å². The van der Waals surface area contributed by atoms with Gasteiger partial charge in [0.2, 0.25) is 20.0 Å². The van der Waals surface area contributed by atoms with Gasteiger partial charge in [-0.25, -0.2) is 31.2 Å². The van der Waals surface area contributed by atoms with E-state index in [0.717, 1.165) is 57.8 Å². The number of carbonyl (C=O) groups is 4. The quantitative estimate of drug-likeness (QED) is 0.114. The summed E-state index contributed by atoms with van der Waals surface area (Å²) in [5, 5.41) is 12.8. The van der Waals surface area contributed by atoms with Gasteiger partial charge < -0.3 is 35.4 Å². The fourth-order valence-electron chi connectivity index (χ4n) is 7.58. The zero-order valence-electron chi connectivity index (χ0n) is 42.8. The largest absolute Gasteiger partial charge is 0.478 e. The second kappa shape index (κ2) is 26.6. The van der Waals surface area contributed by atoms with Crippen LogP contribution in [-0.2, 0) is 42.6 Å². The fourth-order valence-corrected chi connectivity index (χ4v) is 9.72. The highest BCUT2D eigenvalue weighted by atomic mass is 35.5. The predicted octanol–water partition coefficient (Wildman–Crippen LogP) is 9.28. The molecular formula is C52H70Cl2N6O11S2. The third-order valence-electron chi connectivity index (χ3n) is 11.6. The van der Waals surface area contributed by atoms with E-state index in [-0.39, 0.29) is 42.7 Å². The first-order chi connectivity index (χ1) is 34.0. The molecule has 0 unspecified atom stereocenters. The van der Waals surface area contributed by atoms with Gasteiger partial charge in [-0.1, -0.05) is 59.6 Å². The van der Waals surface area contributed by atoms with Gasteiger partial charge in [-0.15, -0.1) is 0 Å². The van der Waals surface area contributed by atoms with Gasteiger partial charge in [-0.3, -0.25) is 13.4 Å². The lowest BCUT2D eigenvalue weighted by atomic mass is 9.97. The number of amides is 3. The summed E-state index contributed by atoms with van der Waals surface area (Å²) in [7, 11) is -7.11. The summed E-state index contributed by atoms with van der Waals surface area (Å²) in [5.74, 6) is -0.455. The molecule has 21 heteroatoms. The van der Waals surface area contributed by atoms with Crippen molar-refractivity contribution < 1.29 is 50.6 Å². The normalized spacial score (nSPS) is 14.6. The van der Waals surface area contributed by atoms with Crippen molar-refractivity contribution in [2.24, 2.45) is 17.6 Å². The number of nitrogens with zero attached hydrogens (tertiary/aromatic N) is 4. The van der Waals surface area contributed by atoms with Crippen LogP contribution in [0, 0.1) is 11.8 Å². The van der Waals surface area contributed by atoms with Gasteiger partial charge >= 0.3 is 18.2 Å². The Morgan fingerprint density at radius 1 is 0.616 bits per heavy atom. The number of carbonyl (C=O) groups excluding carboxylic acids is 3. The number of rotatable bonds is 13. The number of halogens is 2. The number of anilines is 2. The van der Waals surface area contributed by atoms with Crippen LogP contribution < -0.4 is 19.7 Å². The number of hydrogen-bond donors (Lipinski definition) is 3. The number of sulfonamides is 2. The Hall–Kier alpha value is -5.60. The summed E-state index contributed by atoms with van der Waals surface area (Å²) in [6.45, 7) is 15.3. The molecule has 0 aliphatic carbocycles. The monoisotopic (exact) mass is 1090 g/mol. The van der Waals surface area contributed by atoms with Gasteiger partial charge in [-0.2, -0.15) is 0 Å². The molecule has 2 aliphatic rings. The zero-order chi connectivity index (χ0) is 54.3. The first-order valence-corrected chi connectivity index (χ1v) is 28.3. The number of nitrogens with one attached hydrogen (secondary N) is 1. The Balaban J connectivity index is 0.000000264. The molecule has 6 rings (SSSR count). The summed E-state index contributed by atoms with van der Waals surface area (Å²) >= 11 is 12.3. The highest BCUT2D eigenvalue weighted by molar-refractivity contribution is 7.92. The third-order valence-corrected chi connectivity index (χ3v) is 14.6. The lowest BCUT2D eigenvalue weighted by Gasteiger charge is -2.33. The van der Waals surface area contributed by atoms with E-state index in [9.17, 15) is 36.0 Å². The molecule has 2 saturated heterocycles. The summed E-state index contributed by atoms with van der Waals surface area (Å²) in [5.41, 5.74) is 7.38. The topological polar surface area (TPSA) is 226 Å². The SMILES string of the molecule is CC(C)(C)OC(=O)N1CCC(CN)CC1.CC(C)(C)OC(=O)N1CCC(CNC(=O)c2ccc(N(Cc3ccccc3Cl)S(C)(=O)=O)cc2)CC1.CS(=O)(=O)N(Cc1ccccc1Cl)c1ccc(C(=O)O)cc1. The van der Waals surface area contributed by atoms with Crippen LogP contribution in [0.4, 0.5) is 21.0 Å². The molecule has 400 valence electrons. The minimum absolute atomic E-state index is 0.0743. The molecule has 0 spiro atoms. The van der Waals surface area contributed by atoms with Gasteiger partial charge in [0.05, 0.1) is 42.5 Å². The van der Waals surface area contributed by atoms with Gasteiger partial charge in [0, 0.05) is 48.3 Å². The Morgan fingerprint density at radius 3 is 1.30 bits per heavy atom.